The van der Waals surface area contributed by atoms with Gasteiger partial charge in [0.15, 0.2) is 5.82 Å². The van der Waals surface area contributed by atoms with Crippen molar-refractivity contribution in [3.05, 3.63) is 57.9 Å². The maximum Gasteiger partial charge on any atom is 0.262 e. The van der Waals surface area contributed by atoms with E-state index in [0.29, 0.717) is 33.0 Å². The van der Waals surface area contributed by atoms with Crippen LogP contribution in [0.3, 0.4) is 0 Å². The van der Waals surface area contributed by atoms with Crippen molar-refractivity contribution in [1.29, 1.82) is 0 Å². The number of nitrogens with one attached hydrogen (secondary N) is 1. The number of aryl methyl sites for hydroxylation is 1. The second-order valence-electron chi connectivity index (χ2n) is 5.58. The van der Waals surface area contributed by atoms with Crippen LogP contribution in [0.4, 0.5) is 11.5 Å². The van der Waals surface area contributed by atoms with Gasteiger partial charge in [0.05, 0.1) is 17.3 Å². The van der Waals surface area contributed by atoms with Crippen molar-refractivity contribution in [3.63, 3.8) is 0 Å². The minimum atomic E-state index is -0.536. The van der Waals surface area contributed by atoms with Crippen LogP contribution in [0.2, 0.25) is 5.02 Å². The minimum absolute atomic E-state index is 0.353. The number of benzene rings is 2. The number of hydrogen-bond donors (Lipinski definition) is 2. The van der Waals surface area contributed by atoms with Gasteiger partial charge in [0.2, 0.25) is 0 Å². The molecule has 0 radical (unpaired) electrons. The zero-order valence-electron chi connectivity index (χ0n) is 14.4. The number of hydrogen-bond acceptors (Lipinski definition) is 5. The van der Waals surface area contributed by atoms with Crippen molar-refractivity contribution in [1.82, 2.24) is 4.98 Å². The molecular weight excluding hydrogens is 370 g/mol. The number of carbonyl (C=O) groups excluding carboxylic acids is 1. The maximum absolute atomic E-state index is 11.8. The van der Waals surface area contributed by atoms with Gasteiger partial charge in [-0.15, -0.1) is 11.3 Å². The van der Waals surface area contributed by atoms with Crippen molar-refractivity contribution >= 4 is 40.4 Å². The van der Waals surface area contributed by atoms with E-state index in [-0.39, 0.29) is 0 Å². The number of aromatic nitrogens is 1. The smallest absolute Gasteiger partial charge is 0.262 e. The van der Waals surface area contributed by atoms with Gasteiger partial charge in [0.1, 0.15) is 15.6 Å². The molecule has 0 fully saturated rings. The molecular formula is C19H18ClN3O2S. The molecule has 7 heteroatoms. The lowest BCUT2D eigenvalue weighted by Crippen LogP contribution is -2.11. The molecule has 1 aromatic heterocycles. The molecule has 3 N–H and O–H groups in total. The van der Waals surface area contributed by atoms with Gasteiger partial charge in [-0.2, -0.15) is 0 Å². The van der Waals surface area contributed by atoms with E-state index in [1.165, 1.54) is 11.3 Å². The van der Waals surface area contributed by atoms with Gasteiger partial charge in [0, 0.05) is 5.56 Å². The maximum atomic E-state index is 11.8. The first-order valence-electron chi connectivity index (χ1n) is 8.05. The van der Waals surface area contributed by atoms with Gasteiger partial charge in [-0.05, 0) is 49.7 Å². The molecule has 2 aromatic carbocycles. The average Bonchev–Trinajstić information content (AvgIpc) is 3.03. The van der Waals surface area contributed by atoms with E-state index in [0.717, 1.165) is 16.9 Å². The monoisotopic (exact) mass is 387 g/mol. The van der Waals surface area contributed by atoms with Crippen LogP contribution in [0.5, 0.6) is 5.75 Å². The molecule has 0 atom stereocenters. The summed E-state index contributed by atoms with van der Waals surface area (Å²) in [5, 5.41) is 4.33. The number of nitrogens with zero attached hydrogens (tertiary/aromatic N) is 1. The van der Waals surface area contributed by atoms with Gasteiger partial charge in [0.25, 0.3) is 5.91 Å². The third-order valence-corrected chi connectivity index (χ3v) is 5.15. The van der Waals surface area contributed by atoms with E-state index in [9.17, 15) is 4.79 Å². The number of amides is 1. The Kier molecular flexibility index (Phi) is 5.44. The molecule has 134 valence electrons. The molecule has 0 bridgehead atoms. The van der Waals surface area contributed by atoms with E-state index in [1.54, 1.807) is 6.07 Å². The molecule has 26 heavy (non-hydrogen) atoms. The lowest BCUT2D eigenvalue weighted by Gasteiger charge is -2.08. The molecule has 0 spiro atoms. The fourth-order valence-electron chi connectivity index (χ4n) is 2.49. The second kappa shape index (κ2) is 7.76. The van der Waals surface area contributed by atoms with Gasteiger partial charge < -0.3 is 15.8 Å². The van der Waals surface area contributed by atoms with Gasteiger partial charge in [-0.3, -0.25) is 4.79 Å². The summed E-state index contributed by atoms with van der Waals surface area (Å²) in [7, 11) is 0. The highest BCUT2D eigenvalue weighted by Crippen LogP contribution is 2.35. The third-order valence-electron chi connectivity index (χ3n) is 3.70. The predicted molar refractivity (Wildman–Crippen MR) is 107 cm³/mol. The number of thiazole rings is 1. The minimum Gasteiger partial charge on any atom is -0.494 e. The van der Waals surface area contributed by atoms with Gasteiger partial charge in [-0.25, -0.2) is 4.98 Å². The van der Waals surface area contributed by atoms with Gasteiger partial charge in [-0.1, -0.05) is 23.7 Å². The van der Waals surface area contributed by atoms with Crippen LogP contribution in [0.25, 0.3) is 10.6 Å². The quantitative estimate of drug-likeness (QED) is 0.623. The number of halogens is 1. The first kappa shape index (κ1) is 18.2. The lowest BCUT2D eigenvalue weighted by molar-refractivity contribution is 0.100. The standard InChI is InChI=1S/C19H18ClN3O2S/c1-3-25-15-9-8-12(10-11(15)2)19-23-18(16(26-19)17(21)24)22-14-7-5-4-6-13(14)20/h4-10,22H,3H2,1-2H3,(H2,21,24). The summed E-state index contributed by atoms with van der Waals surface area (Å²) in [5.41, 5.74) is 8.09. The molecule has 5 nitrogen and oxygen atoms in total. The van der Waals surface area contributed by atoms with Crippen LogP contribution in [0.15, 0.2) is 42.5 Å². The first-order valence-corrected chi connectivity index (χ1v) is 9.25. The normalized spacial score (nSPS) is 10.6. The topological polar surface area (TPSA) is 77.2 Å². The molecule has 0 unspecified atom stereocenters. The van der Waals surface area contributed by atoms with Crippen LogP contribution in [0.1, 0.15) is 22.2 Å². The molecule has 0 aliphatic rings. The summed E-state index contributed by atoms with van der Waals surface area (Å²) in [4.78, 5) is 16.8. The Bertz CT molecular complexity index is 956. The number of rotatable bonds is 6. The molecule has 1 amide bonds. The van der Waals surface area contributed by atoms with Crippen molar-refractivity contribution in [2.75, 3.05) is 11.9 Å². The number of ether oxygens (including phenoxy) is 1. The summed E-state index contributed by atoms with van der Waals surface area (Å²) in [6.45, 7) is 4.52. The zero-order valence-corrected chi connectivity index (χ0v) is 15.9. The zero-order chi connectivity index (χ0) is 18.7. The Morgan fingerprint density at radius 1 is 1.31 bits per heavy atom. The van der Waals surface area contributed by atoms with Crippen molar-refractivity contribution < 1.29 is 9.53 Å². The number of carbonyl (C=O) groups is 1. The SMILES string of the molecule is CCOc1ccc(-c2nc(Nc3ccccc3Cl)c(C(N)=O)s2)cc1C. The molecule has 0 saturated heterocycles. The van der Waals surface area contributed by atoms with Crippen molar-refractivity contribution in [3.8, 4) is 16.3 Å². The highest BCUT2D eigenvalue weighted by molar-refractivity contribution is 7.17. The van der Waals surface area contributed by atoms with Crippen LogP contribution in [0, 0.1) is 6.92 Å². The first-order chi connectivity index (χ1) is 12.5. The Morgan fingerprint density at radius 3 is 2.73 bits per heavy atom. The summed E-state index contributed by atoms with van der Waals surface area (Å²) in [5.74, 6) is 0.695. The van der Waals surface area contributed by atoms with E-state index < -0.39 is 5.91 Å². The van der Waals surface area contributed by atoms with E-state index in [1.807, 2.05) is 50.2 Å². The summed E-state index contributed by atoms with van der Waals surface area (Å²) in [6.07, 6.45) is 0. The van der Waals surface area contributed by atoms with Crippen LogP contribution < -0.4 is 15.8 Å². The summed E-state index contributed by atoms with van der Waals surface area (Å²) < 4.78 is 5.57. The number of anilines is 2. The summed E-state index contributed by atoms with van der Waals surface area (Å²) >= 11 is 7.42. The number of primary amides is 1. The Balaban J connectivity index is 1.98. The highest BCUT2D eigenvalue weighted by Gasteiger charge is 2.18. The highest BCUT2D eigenvalue weighted by atomic mass is 35.5. The number of nitrogens with two attached hydrogens (primary N) is 1. The molecule has 0 aliphatic heterocycles. The summed E-state index contributed by atoms with van der Waals surface area (Å²) in [6, 6.07) is 13.1. The second-order valence-corrected chi connectivity index (χ2v) is 6.99. The number of para-hydroxylation sites is 1. The third kappa shape index (κ3) is 3.81. The van der Waals surface area contributed by atoms with Crippen LogP contribution >= 0.6 is 22.9 Å². The van der Waals surface area contributed by atoms with E-state index in [4.69, 9.17) is 22.1 Å². The Labute approximate surface area is 160 Å². The molecule has 0 saturated carbocycles. The van der Waals surface area contributed by atoms with Crippen molar-refractivity contribution in [2.24, 2.45) is 5.73 Å². The lowest BCUT2D eigenvalue weighted by atomic mass is 10.1. The predicted octanol–water partition coefficient (Wildman–Crippen LogP) is 5.01. The van der Waals surface area contributed by atoms with Gasteiger partial charge >= 0.3 is 0 Å². The van der Waals surface area contributed by atoms with Crippen molar-refractivity contribution in [2.45, 2.75) is 13.8 Å². The largest absolute Gasteiger partial charge is 0.494 e. The Hall–Kier alpha value is -2.57. The molecule has 1 heterocycles. The Morgan fingerprint density at radius 2 is 2.08 bits per heavy atom. The van der Waals surface area contributed by atoms with Crippen LogP contribution in [-0.2, 0) is 0 Å². The van der Waals surface area contributed by atoms with Crippen LogP contribution in [-0.4, -0.2) is 17.5 Å². The molecule has 0 aliphatic carbocycles. The fourth-order valence-corrected chi connectivity index (χ4v) is 3.54. The molecule has 3 aromatic rings. The molecule has 3 rings (SSSR count). The fraction of sp³-hybridized carbons (Fsp3) is 0.158. The average molecular weight is 388 g/mol. The van der Waals surface area contributed by atoms with E-state index >= 15 is 0 Å². The van der Waals surface area contributed by atoms with E-state index in [2.05, 4.69) is 10.3 Å².